The van der Waals surface area contributed by atoms with Crippen molar-refractivity contribution in [2.75, 3.05) is 25.0 Å². The molecule has 9 heteroatoms. The number of aromatic nitrogens is 1. The maximum atomic E-state index is 13.1. The number of hydrogen-bond donors (Lipinski definition) is 3. The van der Waals surface area contributed by atoms with Crippen molar-refractivity contribution >= 4 is 40.9 Å². The van der Waals surface area contributed by atoms with Crippen LogP contribution in [0.1, 0.15) is 51.4 Å². The molecule has 2 saturated carbocycles. The lowest BCUT2D eigenvalue weighted by Gasteiger charge is -2.41. The Labute approximate surface area is 182 Å². The average molecular weight is 438 g/mol. The van der Waals surface area contributed by atoms with E-state index in [1.54, 1.807) is 11.1 Å². The number of carbonyl (C=O) groups is 2. The van der Waals surface area contributed by atoms with Gasteiger partial charge in [0.25, 0.3) is 0 Å². The molecule has 0 bridgehead atoms. The van der Waals surface area contributed by atoms with Gasteiger partial charge in [-0.15, -0.1) is 24.0 Å². The van der Waals surface area contributed by atoms with Gasteiger partial charge in [-0.3, -0.25) is 19.8 Å². The molecule has 29 heavy (non-hydrogen) atoms. The summed E-state index contributed by atoms with van der Waals surface area (Å²) in [7, 11) is 0. The highest BCUT2D eigenvalue weighted by Crippen LogP contribution is 2.30. The number of nitrogens with zero attached hydrogens (tertiary/aromatic N) is 3. The first kappa shape index (κ1) is 21.1. The van der Waals surface area contributed by atoms with Gasteiger partial charge in [0.1, 0.15) is 11.5 Å². The SMILES string of the molecule is O=C(Nc1nccs1)[C@H](CC1CCCCC1)N1CCN(C(S)NC2CC2)CC1=O. The lowest BCUT2D eigenvalue weighted by atomic mass is 9.84. The van der Waals surface area contributed by atoms with Crippen LogP contribution in [0.2, 0.25) is 0 Å². The molecule has 2 amide bonds. The Morgan fingerprint density at radius 2 is 2.03 bits per heavy atom. The predicted molar refractivity (Wildman–Crippen MR) is 118 cm³/mol. The molecular weight excluding hydrogens is 406 g/mol. The third kappa shape index (κ3) is 5.71. The van der Waals surface area contributed by atoms with Crippen LogP contribution in [-0.4, -0.2) is 63.8 Å². The number of anilines is 1. The standard InChI is InChI=1S/C20H31N5O2S2/c26-17-13-24(20(28)22-15-6-7-15)9-10-25(17)16(12-14-4-2-1-3-5-14)18(27)23-19-21-8-11-29-19/h8,11,14-16,20,22,28H,1-7,9-10,12-13H2,(H,21,23,27)/t16-,20?/m0/s1. The topological polar surface area (TPSA) is 77.6 Å². The van der Waals surface area contributed by atoms with Crippen LogP contribution < -0.4 is 10.6 Å². The van der Waals surface area contributed by atoms with Crippen LogP contribution in [0.25, 0.3) is 0 Å². The molecule has 2 heterocycles. The molecule has 1 aromatic heterocycles. The molecule has 0 radical (unpaired) electrons. The fraction of sp³-hybridized carbons (Fsp3) is 0.750. The van der Waals surface area contributed by atoms with Crippen LogP contribution in [-0.2, 0) is 9.59 Å². The molecule has 1 aromatic rings. The van der Waals surface area contributed by atoms with Gasteiger partial charge >= 0.3 is 0 Å². The van der Waals surface area contributed by atoms with Crippen molar-refractivity contribution in [3.8, 4) is 0 Å². The van der Waals surface area contributed by atoms with Crippen LogP contribution in [0.15, 0.2) is 11.6 Å². The third-order valence-corrected chi connectivity index (χ3v) is 7.38. The number of amides is 2. The molecule has 1 saturated heterocycles. The molecule has 0 spiro atoms. The highest BCUT2D eigenvalue weighted by atomic mass is 32.1. The Bertz CT molecular complexity index is 691. The summed E-state index contributed by atoms with van der Waals surface area (Å²) in [6.07, 6.45) is 10.8. The van der Waals surface area contributed by atoms with E-state index in [2.05, 4.69) is 33.1 Å². The normalized spacial score (nSPS) is 23.8. The van der Waals surface area contributed by atoms with E-state index < -0.39 is 6.04 Å². The monoisotopic (exact) mass is 437 g/mol. The average Bonchev–Trinajstić information content (AvgIpc) is 3.39. The summed E-state index contributed by atoms with van der Waals surface area (Å²) < 4.78 is 0. The predicted octanol–water partition coefficient (Wildman–Crippen LogP) is 2.53. The van der Waals surface area contributed by atoms with Crippen molar-refractivity contribution in [1.82, 2.24) is 20.1 Å². The molecule has 7 nitrogen and oxygen atoms in total. The fourth-order valence-corrected chi connectivity index (χ4v) is 5.34. The first-order valence-electron chi connectivity index (χ1n) is 10.8. The number of rotatable bonds is 8. The van der Waals surface area contributed by atoms with Gasteiger partial charge in [0.2, 0.25) is 11.8 Å². The van der Waals surface area contributed by atoms with E-state index >= 15 is 0 Å². The van der Waals surface area contributed by atoms with E-state index in [-0.39, 0.29) is 17.3 Å². The number of thiazole rings is 1. The summed E-state index contributed by atoms with van der Waals surface area (Å²) in [6.45, 7) is 1.59. The van der Waals surface area contributed by atoms with Crippen LogP contribution in [0.5, 0.6) is 0 Å². The zero-order chi connectivity index (χ0) is 20.2. The Kier molecular flexibility index (Phi) is 7.10. The Morgan fingerprint density at radius 3 is 2.69 bits per heavy atom. The van der Waals surface area contributed by atoms with E-state index in [4.69, 9.17) is 0 Å². The van der Waals surface area contributed by atoms with E-state index in [1.165, 1.54) is 43.4 Å². The smallest absolute Gasteiger partial charge is 0.248 e. The maximum Gasteiger partial charge on any atom is 0.248 e. The number of carbonyl (C=O) groups excluding carboxylic acids is 2. The van der Waals surface area contributed by atoms with E-state index in [1.807, 2.05) is 5.38 Å². The van der Waals surface area contributed by atoms with Gasteiger partial charge in [0, 0.05) is 30.7 Å². The lowest BCUT2D eigenvalue weighted by Crippen LogP contribution is -2.60. The molecule has 3 fully saturated rings. The quantitative estimate of drug-likeness (QED) is 0.430. The number of hydrogen-bond acceptors (Lipinski definition) is 7. The minimum atomic E-state index is -0.425. The molecule has 160 valence electrons. The Balaban J connectivity index is 1.41. The highest BCUT2D eigenvalue weighted by Gasteiger charge is 2.37. The number of thiol groups is 1. The molecule has 2 atom stereocenters. The van der Waals surface area contributed by atoms with Crippen LogP contribution in [0.4, 0.5) is 5.13 Å². The van der Waals surface area contributed by atoms with E-state index in [9.17, 15) is 9.59 Å². The summed E-state index contributed by atoms with van der Waals surface area (Å²) in [5.74, 6) is 0.421. The molecule has 3 aliphatic rings. The molecular formula is C20H31N5O2S2. The second-order valence-electron chi connectivity index (χ2n) is 8.45. The molecule has 1 aliphatic heterocycles. The van der Waals surface area contributed by atoms with Gasteiger partial charge in [-0.2, -0.15) is 0 Å². The van der Waals surface area contributed by atoms with Crippen molar-refractivity contribution in [3.63, 3.8) is 0 Å². The Morgan fingerprint density at radius 1 is 1.24 bits per heavy atom. The minimum Gasteiger partial charge on any atom is -0.328 e. The van der Waals surface area contributed by atoms with Gasteiger partial charge in [-0.25, -0.2) is 4.98 Å². The van der Waals surface area contributed by atoms with Crippen molar-refractivity contribution in [2.45, 2.75) is 68.9 Å². The lowest BCUT2D eigenvalue weighted by molar-refractivity contribution is -0.144. The molecule has 4 rings (SSSR count). The van der Waals surface area contributed by atoms with Crippen molar-refractivity contribution in [2.24, 2.45) is 5.92 Å². The minimum absolute atomic E-state index is 0.0167. The van der Waals surface area contributed by atoms with Gasteiger partial charge < -0.3 is 10.2 Å². The zero-order valence-electron chi connectivity index (χ0n) is 16.8. The summed E-state index contributed by atoms with van der Waals surface area (Å²) >= 11 is 6.04. The summed E-state index contributed by atoms with van der Waals surface area (Å²) in [5.41, 5.74) is -0.102. The molecule has 2 aliphatic carbocycles. The number of piperazine rings is 1. The van der Waals surface area contributed by atoms with Crippen LogP contribution >= 0.6 is 24.0 Å². The molecule has 1 unspecified atom stereocenters. The Hall–Kier alpha value is -1.16. The second-order valence-corrected chi connectivity index (χ2v) is 9.84. The van der Waals surface area contributed by atoms with Crippen molar-refractivity contribution < 1.29 is 9.59 Å². The third-order valence-electron chi connectivity index (χ3n) is 6.22. The maximum absolute atomic E-state index is 13.1. The highest BCUT2D eigenvalue weighted by molar-refractivity contribution is 7.80. The van der Waals surface area contributed by atoms with Crippen molar-refractivity contribution in [3.05, 3.63) is 11.6 Å². The number of nitrogens with one attached hydrogen (secondary N) is 2. The zero-order valence-corrected chi connectivity index (χ0v) is 18.5. The first-order valence-corrected chi connectivity index (χ1v) is 12.2. The van der Waals surface area contributed by atoms with Crippen molar-refractivity contribution in [1.29, 1.82) is 0 Å². The van der Waals surface area contributed by atoms with E-state index in [0.717, 1.165) is 25.8 Å². The molecule has 2 N–H and O–H groups in total. The van der Waals surface area contributed by atoms with Gasteiger partial charge in [-0.05, 0) is 25.2 Å². The van der Waals surface area contributed by atoms with E-state index in [0.29, 0.717) is 30.2 Å². The summed E-state index contributed by atoms with van der Waals surface area (Å²) in [5, 5.41) is 8.81. The summed E-state index contributed by atoms with van der Waals surface area (Å²) in [4.78, 5) is 34.2. The largest absolute Gasteiger partial charge is 0.328 e. The van der Waals surface area contributed by atoms with Gasteiger partial charge in [-0.1, -0.05) is 32.1 Å². The van der Waals surface area contributed by atoms with Gasteiger partial charge in [0.15, 0.2) is 5.13 Å². The molecule has 0 aromatic carbocycles. The second kappa shape index (κ2) is 9.76. The van der Waals surface area contributed by atoms with Crippen LogP contribution in [0.3, 0.4) is 0 Å². The van der Waals surface area contributed by atoms with Crippen LogP contribution in [0, 0.1) is 5.92 Å². The first-order chi connectivity index (χ1) is 14.1. The fourth-order valence-electron chi connectivity index (χ4n) is 4.40. The summed E-state index contributed by atoms with van der Waals surface area (Å²) in [6, 6.07) is 0.111. The van der Waals surface area contributed by atoms with Gasteiger partial charge in [0.05, 0.1) is 6.54 Å².